The van der Waals surface area contributed by atoms with Crippen LogP contribution < -0.4 is 20.6 Å². The molecule has 2 amide bonds. The molecule has 0 saturated carbocycles. The third-order valence-corrected chi connectivity index (χ3v) is 5.49. The van der Waals surface area contributed by atoms with E-state index in [4.69, 9.17) is 9.15 Å². The summed E-state index contributed by atoms with van der Waals surface area (Å²) in [5.41, 5.74) is 1.53. The van der Waals surface area contributed by atoms with E-state index >= 15 is 0 Å². The maximum Gasteiger partial charge on any atom is 0.349 e. The summed E-state index contributed by atoms with van der Waals surface area (Å²) in [6, 6.07) is 23.2. The van der Waals surface area contributed by atoms with Crippen LogP contribution in [0.15, 0.2) is 88.1 Å². The fourth-order valence-electron chi connectivity index (χ4n) is 3.83. The minimum atomic E-state index is -0.720. The number of benzene rings is 3. The van der Waals surface area contributed by atoms with Crippen LogP contribution in [-0.2, 0) is 11.3 Å². The molecule has 164 valence electrons. The highest BCUT2D eigenvalue weighted by atomic mass is 16.5. The van der Waals surface area contributed by atoms with Gasteiger partial charge in [0.1, 0.15) is 16.9 Å². The zero-order valence-electron chi connectivity index (χ0n) is 17.8. The maximum atomic E-state index is 12.9. The molecule has 1 aliphatic rings. The van der Waals surface area contributed by atoms with E-state index in [0.29, 0.717) is 34.6 Å². The summed E-state index contributed by atoms with van der Waals surface area (Å²) < 4.78 is 11.0. The number of nitrogens with zero attached hydrogens (tertiary/aromatic N) is 1. The number of rotatable bonds is 4. The van der Waals surface area contributed by atoms with Crippen molar-refractivity contribution in [3.05, 3.63) is 100 Å². The number of anilines is 2. The van der Waals surface area contributed by atoms with Crippen LogP contribution in [0.3, 0.4) is 0 Å². The van der Waals surface area contributed by atoms with Gasteiger partial charge in [0.15, 0.2) is 6.10 Å². The SMILES string of the molecule is CC1Oc2ccc(NC(=O)c3cc4ccccc4oc3=O)cc2N(Cc2ccccc2)C1=O. The van der Waals surface area contributed by atoms with Crippen LogP contribution in [0.5, 0.6) is 5.75 Å². The Kier molecular flexibility index (Phi) is 5.14. The van der Waals surface area contributed by atoms with E-state index in [1.165, 1.54) is 6.07 Å². The number of amides is 2. The van der Waals surface area contributed by atoms with Crippen molar-refractivity contribution in [3.8, 4) is 5.75 Å². The lowest BCUT2D eigenvalue weighted by Crippen LogP contribution is -2.44. The molecule has 0 aliphatic carbocycles. The average molecular weight is 440 g/mol. The molecule has 0 fully saturated rings. The molecule has 7 heteroatoms. The molecule has 0 bridgehead atoms. The molecule has 7 nitrogen and oxygen atoms in total. The Morgan fingerprint density at radius 2 is 1.73 bits per heavy atom. The van der Waals surface area contributed by atoms with Crippen LogP contribution in [0.1, 0.15) is 22.8 Å². The summed E-state index contributed by atoms with van der Waals surface area (Å²) >= 11 is 0. The molecule has 0 radical (unpaired) electrons. The molecular formula is C26H20N2O5. The lowest BCUT2D eigenvalue weighted by atomic mass is 10.1. The zero-order valence-corrected chi connectivity index (χ0v) is 17.8. The number of ether oxygens (including phenoxy) is 1. The first-order valence-electron chi connectivity index (χ1n) is 10.5. The van der Waals surface area contributed by atoms with Gasteiger partial charge in [-0.1, -0.05) is 48.5 Å². The van der Waals surface area contributed by atoms with Gasteiger partial charge in [-0.05, 0) is 42.8 Å². The zero-order chi connectivity index (χ0) is 22.9. The van der Waals surface area contributed by atoms with Gasteiger partial charge in [0.25, 0.3) is 11.8 Å². The van der Waals surface area contributed by atoms with Crippen molar-refractivity contribution < 1.29 is 18.7 Å². The molecule has 1 N–H and O–H groups in total. The second kappa shape index (κ2) is 8.27. The highest BCUT2D eigenvalue weighted by Gasteiger charge is 2.32. The van der Waals surface area contributed by atoms with Crippen molar-refractivity contribution in [1.82, 2.24) is 0 Å². The Hall–Kier alpha value is -4.39. The fourth-order valence-corrected chi connectivity index (χ4v) is 3.83. The van der Waals surface area contributed by atoms with Crippen LogP contribution >= 0.6 is 0 Å². The number of carbonyl (C=O) groups excluding carboxylic acids is 2. The minimum Gasteiger partial charge on any atom is -0.479 e. The monoisotopic (exact) mass is 440 g/mol. The van der Waals surface area contributed by atoms with Gasteiger partial charge in [-0.15, -0.1) is 0 Å². The molecule has 0 saturated heterocycles. The highest BCUT2D eigenvalue weighted by Crippen LogP contribution is 2.37. The molecule has 2 heterocycles. The summed E-state index contributed by atoms with van der Waals surface area (Å²) in [4.78, 5) is 39.7. The van der Waals surface area contributed by atoms with Crippen LogP contribution in [0.25, 0.3) is 11.0 Å². The molecule has 5 rings (SSSR count). The average Bonchev–Trinajstić information content (AvgIpc) is 2.82. The van der Waals surface area contributed by atoms with E-state index in [1.807, 2.05) is 30.3 Å². The first-order valence-corrected chi connectivity index (χ1v) is 10.5. The second-order valence-corrected chi connectivity index (χ2v) is 7.79. The number of nitrogens with one attached hydrogen (secondary N) is 1. The molecule has 1 aromatic heterocycles. The van der Waals surface area contributed by atoms with Crippen molar-refractivity contribution in [2.45, 2.75) is 19.6 Å². The molecule has 33 heavy (non-hydrogen) atoms. The van der Waals surface area contributed by atoms with Crippen molar-refractivity contribution in [2.75, 3.05) is 10.2 Å². The van der Waals surface area contributed by atoms with E-state index in [-0.39, 0.29) is 11.5 Å². The molecular weight excluding hydrogens is 420 g/mol. The predicted octanol–water partition coefficient (Wildman–Crippen LogP) is 4.36. The minimum absolute atomic E-state index is 0.103. The Morgan fingerprint density at radius 3 is 2.55 bits per heavy atom. The summed E-state index contributed by atoms with van der Waals surface area (Å²) in [5, 5.41) is 3.38. The third kappa shape index (κ3) is 3.96. The van der Waals surface area contributed by atoms with Gasteiger partial charge in [0.2, 0.25) is 0 Å². The summed E-state index contributed by atoms with van der Waals surface area (Å²) in [6.07, 6.45) is -0.621. The van der Waals surface area contributed by atoms with E-state index in [9.17, 15) is 14.4 Å². The molecule has 0 spiro atoms. The lowest BCUT2D eigenvalue weighted by molar-refractivity contribution is -0.125. The quantitative estimate of drug-likeness (QED) is 0.477. The number of fused-ring (bicyclic) bond motifs is 2. The first-order chi connectivity index (χ1) is 16.0. The van der Waals surface area contributed by atoms with E-state index in [1.54, 1.807) is 54.3 Å². The van der Waals surface area contributed by atoms with E-state index < -0.39 is 17.6 Å². The smallest absolute Gasteiger partial charge is 0.349 e. The third-order valence-electron chi connectivity index (χ3n) is 5.49. The summed E-state index contributed by atoms with van der Waals surface area (Å²) in [5.74, 6) is -0.230. The maximum absolute atomic E-state index is 12.9. The van der Waals surface area contributed by atoms with Gasteiger partial charge in [-0.2, -0.15) is 0 Å². The van der Waals surface area contributed by atoms with Crippen molar-refractivity contribution in [2.24, 2.45) is 0 Å². The first kappa shape index (κ1) is 20.5. The number of hydrogen-bond acceptors (Lipinski definition) is 5. The van der Waals surface area contributed by atoms with Crippen molar-refractivity contribution in [3.63, 3.8) is 0 Å². The van der Waals surface area contributed by atoms with Crippen molar-refractivity contribution in [1.29, 1.82) is 0 Å². The number of para-hydroxylation sites is 1. The Labute approximate surface area is 189 Å². The van der Waals surface area contributed by atoms with Gasteiger partial charge in [0, 0.05) is 11.1 Å². The molecule has 3 aromatic carbocycles. The van der Waals surface area contributed by atoms with Gasteiger partial charge < -0.3 is 19.4 Å². The Bertz CT molecular complexity index is 1430. The topological polar surface area (TPSA) is 88.8 Å². The summed E-state index contributed by atoms with van der Waals surface area (Å²) in [7, 11) is 0. The lowest BCUT2D eigenvalue weighted by Gasteiger charge is -2.33. The normalized spacial score (nSPS) is 15.1. The van der Waals surface area contributed by atoms with Gasteiger partial charge >= 0.3 is 5.63 Å². The molecule has 1 unspecified atom stereocenters. The Morgan fingerprint density at radius 1 is 0.970 bits per heavy atom. The second-order valence-electron chi connectivity index (χ2n) is 7.79. The van der Waals surface area contributed by atoms with Crippen LogP contribution in [0.4, 0.5) is 11.4 Å². The largest absolute Gasteiger partial charge is 0.479 e. The van der Waals surface area contributed by atoms with Gasteiger partial charge in [-0.3, -0.25) is 9.59 Å². The van der Waals surface area contributed by atoms with Gasteiger partial charge in [-0.25, -0.2) is 4.79 Å². The molecule has 1 atom stereocenters. The van der Waals surface area contributed by atoms with Crippen LogP contribution in [0.2, 0.25) is 0 Å². The number of hydrogen-bond donors (Lipinski definition) is 1. The fraction of sp³-hybridized carbons (Fsp3) is 0.115. The van der Waals surface area contributed by atoms with E-state index in [0.717, 1.165) is 5.56 Å². The number of carbonyl (C=O) groups is 2. The van der Waals surface area contributed by atoms with Crippen LogP contribution in [0, 0.1) is 0 Å². The van der Waals surface area contributed by atoms with Crippen LogP contribution in [-0.4, -0.2) is 17.9 Å². The predicted molar refractivity (Wildman–Crippen MR) is 125 cm³/mol. The van der Waals surface area contributed by atoms with E-state index in [2.05, 4.69) is 5.32 Å². The Balaban J connectivity index is 1.46. The van der Waals surface area contributed by atoms with Crippen molar-refractivity contribution >= 4 is 34.2 Å². The standard InChI is InChI=1S/C26H20N2O5/c1-16-25(30)28(15-17-7-3-2-4-8-17)21-14-19(11-12-23(21)32-16)27-24(29)20-13-18-9-5-6-10-22(18)33-26(20)31/h2-14,16H,15H2,1H3,(H,27,29). The summed E-state index contributed by atoms with van der Waals surface area (Å²) in [6.45, 7) is 2.07. The van der Waals surface area contributed by atoms with Gasteiger partial charge in [0.05, 0.1) is 12.2 Å². The molecule has 1 aliphatic heterocycles. The molecule has 4 aromatic rings. The highest BCUT2D eigenvalue weighted by molar-refractivity contribution is 6.06.